The normalized spacial score (nSPS) is 23.6. The van der Waals surface area contributed by atoms with E-state index < -0.39 is 61.8 Å². The number of amides is 3. The van der Waals surface area contributed by atoms with Crippen molar-refractivity contribution >= 4 is 17.7 Å². The Morgan fingerprint density at radius 3 is 2.38 bits per heavy atom. The topological polar surface area (TPSA) is 73.0 Å². The largest absolute Gasteiger partial charge is 0.343 e. The molecule has 3 aliphatic rings. The second kappa shape index (κ2) is 12.0. The van der Waals surface area contributed by atoms with Crippen molar-refractivity contribution in [3.63, 3.8) is 0 Å². The van der Waals surface area contributed by atoms with Crippen molar-refractivity contribution in [1.82, 2.24) is 20.0 Å². The van der Waals surface area contributed by atoms with E-state index in [0.717, 1.165) is 22.6 Å². The van der Waals surface area contributed by atoms with Gasteiger partial charge in [-0.1, -0.05) is 49.4 Å². The van der Waals surface area contributed by atoms with Crippen LogP contribution in [0.1, 0.15) is 48.9 Å². The maximum atomic E-state index is 15.2. The average Bonchev–Trinajstić information content (AvgIpc) is 3.59. The highest BCUT2D eigenvalue weighted by atomic mass is 19.3. The van der Waals surface area contributed by atoms with Crippen LogP contribution in [0.3, 0.4) is 0 Å². The fourth-order valence-electron chi connectivity index (χ4n) is 5.73. The minimum absolute atomic E-state index is 0.168. The van der Waals surface area contributed by atoms with Gasteiger partial charge in [0, 0.05) is 19.5 Å². The van der Waals surface area contributed by atoms with E-state index in [2.05, 4.69) is 5.32 Å². The Kier molecular flexibility index (Phi) is 8.54. The van der Waals surface area contributed by atoms with Gasteiger partial charge in [-0.05, 0) is 41.0 Å². The summed E-state index contributed by atoms with van der Waals surface area (Å²) in [5.74, 6) is -2.41. The summed E-state index contributed by atoms with van der Waals surface area (Å²) in [6, 6.07) is 11.8. The molecule has 2 aliphatic heterocycles. The van der Waals surface area contributed by atoms with Crippen molar-refractivity contribution in [1.29, 1.82) is 0 Å². The molecule has 1 aliphatic carbocycles. The van der Waals surface area contributed by atoms with E-state index in [0.29, 0.717) is 21.6 Å². The Hall–Kier alpha value is -3.54. The summed E-state index contributed by atoms with van der Waals surface area (Å²) < 4.78 is 68.8. The molecule has 0 spiro atoms. The van der Waals surface area contributed by atoms with Gasteiger partial charge in [0.15, 0.2) is 0 Å². The molecule has 3 fully saturated rings. The summed E-state index contributed by atoms with van der Waals surface area (Å²) in [5, 5.41) is 2.87. The number of hydrogen-bond donors (Lipinski definition) is 1. The number of carbonyl (C=O) groups is 3. The number of piperazine rings is 1. The molecule has 2 heterocycles. The molecule has 7 nitrogen and oxygen atoms in total. The average molecular weight is 593 g/mol. The highest BCUT2D eigenvalue weighted by Gasteiger charge is 2.43. The summed E-state index contributed by atoms with van der Waals surface area (Å²) in [6.07, 6.45) is -5.82. The van der Waals surface area contributed by atoms with Crippen LogP contribution in [0.4, 0.5) is 22.0 Å². The molecule has 2 aromatic carbocycles. The van der Waals surface area contributed by atoms with Gasteiger partial charge in [0.25, 0.3) is 6.43 Å². The molecule has 0 aromatic heterocycles. The van der Waals surface area contributed by atoms with Crippen LogP contribution in [-0.2, 0) is 19.8 Å². The molecule has 5 rings (SSSR count). The van der Waals surface area contributed by atoms with Crippen molar-refractivity contribution in [2.75, 3.05) is 32.7 Å². The van der Waals surface area contributed by atoms with Gasteiger partial charge in [0.1, 0.15) is 18.0 Å². The molecule has 4 atom stereocenters. The van der Waals surface area contributed by atoms with Gasteiger partial charge in [-0.3, -0.25) is 19.3 Å². The second-order valence-corrected chi connectivity index (χ2v) is 11.5. The van der Waals surface area contributed by atoms with E-state index in [1.165, 1.54) is 6.07 Å². The van der Waals surface area contributed by atoms with Crippen LogP contribution in [0.15, 0.2) is 48.5 Å². The van der Waals surface area contributed by atoms with E-state index in [1.807, 2.05) is 6.92 Å². The van der Waals surface area contributed by atoms with Crippen LogP contribution in [0.25, 0.3) is 0 Å². The molecule has 3 amide bonds. The molecule has 1 saturated carbocycles. The molecular formula is C30H33F5N4O3. The first kappa shape index (κ1) is 29.9. The van der Waals surface area contributed by atoms with Crippen molar-refractivity contribution in [3.05, 3.63) is 71.0 Å². The van der Waals surface area contributed by atoms with E-state index in [-0.39, 0.29) is 37.3 Å². The molecule has 1 N–H and O–H groups in total. The lowest BCUT2D eigenvalue weighted by Crippen LogP contribution is -2.57. The third-order valence-corrected chi connectivity index (χ3v) is 8.50. The summed E-state index contributed by atoms with van der Waals surface area (Å²) in [4.78, 5) is 42.0. The van der Waals surface area contributed by atoms with Crippen molar-refractivity contribution in [3.8, 4) is 0 Å². The summed E-state index contributed by atoms with van der Waals surface area (Å²) >= 11 is 0. The Bertz CT molecular complexity index is 1330. The lowest BCUT2D eigenvalue weighted by atomic mass is 9.92. The zero-order valence-electron chi connectivity index (χ0n) is 23.1. The summed E-state index contributed by atoms with van der Waals surface area (Å²) in [6.45, 7) is 0.145. The number of benzene rings is 2. The number of alkyl halides is 4. The minimum Gasteiger partial charge on any atom is -0.343 e. The van der Waals surface area contributed by atoms with Crippen LogP contribution in [0, 0.1) is 5.82 Å². The predicted molar refractivity (Wildman–Crippen MR) is 143 cm³/mol. The van der Waals surface area contributed by atoms with Crippen LogP contribution < -0.4 is 5.32 Å². The minimum atomic E-state index is -3.27. The fourth-order valence-corrected chi connectivity index (χ4v) is 5.73. The molecule has 42 heavy (non-hydrogen) atoms. The van der Waals surface area contributed by atoms with Crippen LogP contribution in [-0.4, -0.2) is 90.1 Å². The molecule has 226 valence electrons. The smallest absolute Gasteiger partial charge is 0.282 e. The Balaban J connectivity index is 1.30. The molecule has 0 radical (unpaired) electrons. The number of halogens is 5. The zero-order valence-corrected chi connectivity index (χ0v) is 23.1. The van der Waals surface area contributed by atoms with Gasteiger partial charge in [-0.2, -0.15) is 0 Å². The van der Waals surface area contributed by atoms with Gasteiger partial charge >= 0.3 is 0 Å². The van der Waals surface area contributed by atoms with Gasteiger partial charge < -0.3 is 15.1 Å². The summed E-state index contributed by atoms with van der Waals surface area (Å²) in [5.41, 5.74) is 1.58. The number of nitrogens with one attached hydrogen (secondary N) is 1. The van der Waals surface area contributed by atoms with Gasteiger partial charge in [-0.25, -0.2) is 22.0 Å². The molecular weight excluding hydrogens is 559 g/mol. The van der Waals surface area contributed by atoms with E-state index in [9.17, 15) is 31.9 Å². The number of hydrogen-bond acceptors (Lipinski definition) is 4. The standard InChI is InChI=1S/C30H33F5N4O3/c1-30(9-10-30)21-8-7-19(13-22(21)32)26(18-5-3-2-4-6-18)36-29(42)23-14-20(31)15-39(23)25(41)17-37-11-12-38(16-24(37)40)28(35)27(33)34/h2-8,13,20,23,26-28H,9-12,14-17H2,1H3,(H,36,42). The van der Waals surface area contributed by atoms with E-state index in [1.54, 1.807) is 42.5 Å². The Labute approximate surface area is 240 Å². The van der Waals surface area contributed by atoms with Gasteiger partial charge in [0.2, 0.25) is 24.0 Å². The van der Waals surface area contributed by atoms with Crippen molar-refractivity contribution in [2.45, 2.75) is 62.6 Å². The van der Waals surface area contributed by atoms with Crippen molar-refractivity contribution < 1.29 is 36.3 Å². The SMILES string of the molecule is CC1(c2ccc(C(NC(=O)C3CC(F)CN3C(=O)CN3CCN(C(F)C(F)F)CC3=O)c3ccccc3)cc2F)CC1. The third-order valence-electron chi connectivity index (χ3n) is 8.50. The zero-order chi connectivity index (χ0) is 30.2. The van der Waals surface area contributed by atoms with Crippen LogP contribution in [0.2, 0.25) is 0 Å². The third kappa shape index (κ3) is 6.28. The van der Waals surface area contributed by atoms with Gasteiger partial charge in [-0.15, -0.1) is 0 Å². The first-order valence-electron chi connectivity index (χ1n) is 14.0. The summed E-state index contributed by atoms with van der Waals surface area (Å²) in [7, 11) is 0. The predicted octanol–water partition coefficient (Wildman–Crippen LogP) is 3.73. The first-order chi connectivity index (χ1) is 20.0. The number of carbonyl (C=O) groups excluding carboxylic acids is 3. The quantitative estimate of drug-likeness (QED) is 0.356. The first-order valence-corrected chi connectivity index (χ1v) is 14.0. The Morgan fingerprint density at radius 1 is 1.05 bits per heavy atom. The Morgan fingerprint density at radius 2 is 1.76 bits per heavy atom. The molecule has 2 saturated heterocycles. The number of rotatable bonds is 9. The van der Waals surface area contributed by atoms with E-state index >= 15 is 4.39 Å². The number of nitrogens with zero attached hydrogens (tertiary/aromatic N) is 3. The van der Waals surface area contributed by atoms with Crippen LogP contribution >= 0.6 is 0 Å². The molecule has 2 aromatic rings. The monoisotopic (exact) mass is 592 g/mol. The fraction of sp³-hybridized carbons (Fsp3) is 0.500. The lowest BCUT2D eigenvalue weighted by molar-refractivity contribution is -0.149. The van der Waals surface area contributed by atoms with Gasteiger partial charge in [0.05, 0.1) is 25.7 Å². The van der Waals surface area contributed by atoms with Crippen molar-refractivity contribution in [2.24, 2.45) is 0 Å². The lowest BCUT2D eigenvalue weighted by Gasteiger charge is -2.36. The second-order valence-electron chi connectivity index (χ2n) is 11.5. The molecule has 12 heteroatoms. The maximum absolute atomic E-state index is 15.2. The molecule has 0 bridgehead atoms. The maximum Gasteiger partial charge on any atom is 0.282 e. The number of likely N-dealkylation sites (tertiary alicyclic amines) is 1. The highest BCUT2D eigenvalue weighted by molar-refractivity contribution is 5.91. The van der Waals surface area contributed by atoms with Crippen LogP contribution in [0.5, 0.6) is 0 Å². The highest BCUT2D eigenvalue weighted by Crippen LogP contribution is 2.48. The molecule has 4 unspecified atom stereocenters. The van der Waals surface area contributed by atoms with E-state index in [4.69, 9.17) is 0 Å².